The van der Waals surface area contributed by atoms with Gasteiger partial charge in [-0.2, -0.15) is 0 Å². The third-order valence-corrected chi connectivity index (χ3v) is 3.10. The molecule has 2 N–H and O–H groups in total. The van der Waals surface area contributed by atoms with E-state index < -0.39 is 11.4 Å². The zero-order chi connectivity index (χ0) is 10.8. The van der Waals surface area contributed by atoms with E-state index in [0.717, 1.165) is 12.8 Å². The number of hydrogen-bond acceptors (Lipinski definition) is 2. The summed E-state index contributed by atoms with van der Waals surface area (Å²) in [6, 6.07) is 0. The second-order valence-corrected chi connectivity index (χ2v) is 4.27. The van der Waals surface area contributed by atoms with Crippen molar-refractivity contribution in [1.82, 2.24) is 5.32 Å². The van der Waals surface area contributed by atoms with E-state index in [1.807, 2.05) is 6.92 Å². The minimum atomic E-state index is -0.778. The van der Waals surface area contributed by atoms with Gasteiger partial charge < -0.3 is 10.4 Å². The SMILES string of the molecule is CNC(=O)C1(C)CCCC(C(=O)O)C1. The fourth-order valence-electron chi connectivity index (χ4n) is 2.21. The first-order chi connectivity index (χ1) is 6.49. The molecule has 1 aliphatic rings. The first-order valence-corrected chi connectivity index (χ1v) is 4.94. The number of carboxylic acids is 1. The van der Waals surface area contributed by atoms with Gasteiger partial charge in [-0.15, -0.1) is 0 Å². The molecule has 0 aromatic rings. The molecule has 14 heavy (non-hydrogen) atoms. The summed E-state index contributed by atoms with van der Waals surface area (Å²) < 4.78 is 0. The summed E-state index contributed by atoms with van der Waals surface area (Å²) in [7, 11) is 1.60. The molecule has 1 saturated carbocycles. The lowest BCUT2D eigenvalue weighted by atomic mass is 9.70. The van der Waals surface area contributed by atoms with Crippen molar-refractivity contribution in [3.05, 3.63) is 0 Å². The summed E-state index contributed by atoms with van der Waals surface area (Å²) in [6.45, 7) is 1.85. The van der Waals surface area contributed by atoms with Crippen LogP contribution in [0.1, 0.15) is 32.6 Å². The molecule has 80 valence electrons. The van der Waals surface area contributed by atoms with E-state index in [9.17, 15) is 9.59 Å². The average Bonchev–Trinajstić information content (AvgIpc) is 2.16. The highest BCUT2D eigenvalue weighted by molar-refractivity contribution is 5.83. The Morgan fingerprint density at radius 2 is 2.14 bits per heavy atom. The van der Waals surface area contributed by atoms with Crippen LogP contribution in [0.2, 0.25) is 0 Å². The van der Waals surface area contributed by atoms with Gasteiger partial charge in [0.2, 0.25) is 5.91 Å². The number of aliphatic carboxylic acids is 1. The zero-order valence-corrected chi connectivity index (χ0v) is 8.67. The molecular formula is C10H17NO3. The fourth-order valence-corrected chi connectivity index (χ4v) is 2.21. The predicted molar refractivity (Wildman–Crippen MR) is 51.8 cm³/mol. The summed E-state index contributed by atoms with van der Waals surface area (Å²) in [4.78, 5) is 22.4. The molecule has 0 heterocycles. The molecule has 1 aliphatic carbocycles. The number of hydrogen-bond donors (Lipinski definition) is 2. The number of carbonyl (C=O) groups is 2. The Hall–Kier alpha value is -1.06. The molecule has 4 heteroatoms. The van der Waals surface area contributed by atoms with Crippen LogP contribution in [0.25, 0.3) is 0 Å². The van der Waals surface area contributed by atoms with Gasteiger partial charge >= 0.3 is 5.97 Å². The zero-order valence-electron chi connectivity index (χ0n) is 8.67. The molecule has 2 atom stereocenters. The maximum absolute atomic E-state index is 11.6. The van der Waals surface area contributed by atoms with Crippen LogP contribution < -0.4 is 5.32 Å². The highest BCUT2D eigenvalue weighted by Crippen LogP contribution is 2.39. The van der Waals surface area contributed by atoms with Crippen LogP contribution in [-0.4, -0.2) is 24.0 Å². The van der Waals surface area contributed by atoms with Crippen LogP contribution in [0.3, 0.4) is 0 Å². The number of carboxylic acid groups (broad SMARTS) is 1. The molecule has 0 aliphatic heterocycles. The third-order valence-electron chi connectivity index (χ3n) is 3.10. The van der Waals surface area contributed by atoms with Gasteiger partial charge in [0.1, 0.15) is 0 Å². The maximum Gasteiger partial charge on any atom is 0.306 e. The van der Waals surface area contributed by atoms with Crippen molar-refractivity contribution in [2.45, 2.75) is 32.6 Å². The van der Waals surface area contributed by atoms with Gasteiger partial charge in [0.15, 0.2) is 0 Å². The number of rotatable bonds is 2. The van der Waals surface area contributed by atoms with Crippen molar-refractivity contribution in [3.8, 4) is 0 Å². The summed E-state index contributed by atoms with van der Waals surface area (Å²) in [6.07, 6.45) is 2.77. The number of carbonyl (C=O) groups excluding carboxylic acids is 1. The van der Waals surface area contributed by atoms with Crippen molar-refractivity contribution in [1.29, 1.82) is 0 Å². The van der Waals surface area contributed by atoms with Gasteiger partial charge in [0.05, 0.1) is 5.92 Å². The van der Waals surface area contributed by atoms with Crippen LogP contribution in [-0.2, 0) is 9.59 Å². The lowest BCUT2D eigenvalue weighted by molar-refractivity contribution is -0.146. The summed E-state index contributed by atoms with van der Waals surface area (Å²) >= 11 is 0. The van der Waals surface area contributed by atoms with Gasteiger partial charge in [0.25, 0.3) is 0 Å². The second-order valence-electron chi connectivity index (χ2n) is 4.27. The van der Waals surface area contributed by atoms with Crippen LogP contribution in [0.15, 0.2) is 0 Å². The molecule has 1 rings (SSSR count). The molecule has 0 saturated heterocycles. The molecule has 0 aromatic carbocycles. The van der Waals surface area contributed by atoms with Crippen molar-refractivity contribution in [3.63, 3.8) is 0 Å². The molecule has 0 bridgehead atoms. The molecule has 0 radical (unpaired) electrons. The molecule has 1 fully saturated rings. The van der Waals surface area contributed by atoms with Crippen LogP contribution in [0.5, 0.6) is 0 Å². The van der Waals surface area contributed by atoms with Gasteiger partial charge in [-0.05, 0) is 19.3 Å². The van der Waals surface area contributed by atoms with Crippen LogP contribution in [0, 0.1) is 11.3 Å². The Morgan fingerprint density at radius 3 is 2.64 bits per heavy atom. The fraction of sp³-hybridized carbons (Fsp3) is 0.800. The van der Waals surface area contributed by atoms with Crippen molar-refractivity contribution < 1.29 is 14.7 Å². The average molecular weight is 199 g/mol. The van der Waals surface area contributed by atoms with Crippen molar-refractivity contribution in [2.24, 2.45) is 11.3 Å². The summed E-state index contributed by atoms with van der Waals surface area (Å²) in [5.41, 5.74) is -0.490. The first-order valence-electron chi connectivity index (χ1n) is 4.94. The molecule has 4 nitrogen and oxygen atoms in total. The molecular weight excluding hydrogens is 182 g/mol. The van der Waals surface area contributed by atoms with E-state index in [2.05, 4.69) is 5.32 Å². The van der Waals surface area contributed by atoms with Crippen molar-refractivity contribution in [2.75, 3.05) is 7.05 Å². The minimum Gasteiger partial charge on any atom is -0.481 e. The molecule has 0 aromatic heterocycles. The standard InChI is InChI=1S/C10H17NO3/c1-10(9(14)11-2)5-3-4-7(6-10)8(12)13/h7H,3-6H2,1-2H3,(H,11,14)(H,12,13). The van der Waals surface area contributed by atoms with E-state index in [-0.39, 0.29) is 11.8 Å². The summed E-state index contributed by atoms with van der Waals surface area (Å²) in [5.74, 6) is -1.17. The Bertz CT molecular complexity index is 252. The van der Waals surface area contributed by atoms with E-state index in [0.29, 0.717) is 12.8 Å². The van der Waals surface area contributed by atoms with Crippen LogP contribution in [0.4, 0.5) is 0 Å². The van der Waals surface area contributed by atoms with E-state index in [1.165, 1.54) is 0 Å². The molecule has 1 amide bonds. The minimum absolute atomic E-state index is 0.0385. The smallest absolute Gasteiger partial charge is 0.306 e. The van der Waals surface area contributed by atoms with Gasteiger partial charge in [-0.25, -0.2) is 0 Å². The molecule has 0 spiro atoms. The first kappa shape index (κ1) is 11.0. The highest BCUT2D eigenvalue weighted by Gasteiger charge is 2.40. The van der Waals surface area contributed by atoms with Gasteiger partial charge in [-0.3, -0.25) is 9.59 Å². The van der Waals surface area contributed by atoms with Gasteiger partial charge in [0, 0.05) is 12.5 Å². The highest BCUT2D eigenvalue weighted by atomic mass is 16.4. The molecule has 2 unspecified atom stereocenters. The normalized spacial score (nSPS) is 32.3. The predicted octanol–water partition coefficient (Wildman–Crippen LogP) is 1.01. The Balaban J connectivity index is 2.71. The van der Waals surface area contributed by atoms with Gasteiger partial charge in [-0.1, -0.05) is 13.3 Å². The topological polar surface area (TPSA) is 66.4 Å². The third kappa shape index (κ3) is 2.05. The van der Waals surface area contributed by atoms with Crippen molar-refractivity contribution >= 4 is 11.9 Å². The second kappa shape index (κ2) is 3.98. The Kier molecular flexibility index (Phi) is 3.13. The Labute approximate surface area is 83.7 Å². The Morgan fingerprint density at radius 1 is 1.50 bits per heavy atom. The number of amides is 1. The van der Waals surface area contributed by atoms with E-state index in [1.54, 1.807) is 7.05 Å². The quantitative estimate of drug-likeness (QED) is 0.697. The lowest BCUT2D eigenvalue weighted by Gasteiger charge is -2.34. The number of nitrogens with one attached hydrogen (secondary N) is 1. The monoisotopic (exact) mass is 199 g/mol. The van der Waals surface area contributed by atoms with E-state index in [4.69, 9.17) is 5.11 Å². The lowest BCUT2D eigenvalue weighted by Crippen LogP contribution is -2.41. The van der Waals surface area contributed by atoms with Crippen LogP contribution >= 0.6 is 0 Å². The largest absolute Gasteiger partial charge is 0.481 e. The maximum atomic E-state index is 11.6. The van der Waals surface area contributed by atoms with E-state index >= 15 is 0 Å². The summed E-state index contributed by atoms with van der Waals surface area (Å²) in [5, 5.41) is 11.5.